The van der Waals surface area contributed by atoms with Crippen molar-refractivity contribution in [2.75, 3.05) is 34.4 Å². The molecule has 0 atom stereocenters. The molecule has 0 spiro atoms. The SMILES string of the molecule is CC1(CC(=O)c2ccc3c(c2)C(C)(C)C(=O)N3c2ccnc(N3CC(F)(F)C3)c2F)CS(=O)(=O)C1. The summed E-state index contributed by atoms with van der Waals surface area (Å²) in [5.74, 6) is -4.78. The van der Waals surface area contributed by atoms with Gasteiger partial charge in [-0.05, 0) is 43.7 Å². The average Bonchev–Trinajstić information content (AvgIpc) is 2.90. The van der Waals surface area contributed by atoms with Gasteiger partial charge < -0.3 is 4.90 Å². The van der Waals surface area contributed by atoms with Crippen molar-refractivity contribution >= 4 is 38.7 Å². The van der Waals surface area contributed by atoms with Crippen molar-refractivity contribution in [1.29, 1.82) is 0 Å². The quantitative estimate of drug-likeness (QED) is 0.575. The summed E-state index contributed by atoms with van der Waals surface area (Å²) >= 11 is 0. The molecule has 0 aliphatic carbocycles. The highest BCUT2D eigenvalue weighted by Gasteiger charge is 2.49. The number of benzene rings is 1. The van der Waals surface area contributed by atoms with E-state index in [9.17, 15) is 26.8 Å². The van der Waals surface area contributed by atoms with Gasteiger partial charge in [-0.2, -0.15) is 0 Å². The average molecular weight is 508 g/mol. The topological polar surface area (TPSA) is 87.7 Å². The second-order valence-corrected chi connectivity index (χ2v) is 12.7. The fourth-order valence-electron chi connectivity index (χ4n) is 5.24. The molecular weight excluding hydrogens is 483 g/mol. The zero-order valence-corrected chi connectivity index (χ0v) is 20.3. The Balaban J connectivity index is 1.48. The van der Waals surface area contributed by atoms with Gasteiger partial charge in [0.15, 0.2) is 27.3 Å². The van der Waals surface area contributed by atoms with Crippen LogP contribution in [0.15, 0.2) is 30.5 Å². The number of nitrogens with zero attached hydrogens (tertiary/aromatic N) is 3. The molecule has 3 aliphatic heterocycles. The van der Waals surface area contributed by atoms with Gasteiger partial charge >= 0.3 is 0 Å². The fraction of sp³-hybridized carbons (Fsp3) is 0.458. The summed E-state index contributed by atoms with van der Waals surface area (Å²) in [5, 5.41) is 0. The Kier molecular flexibility index (Phi) is 4.95. The Morgan fingerprint density at radius 1 is 1.09 bits per heavy atom. The summed E-state index contributed by atoms with van der Waals surface area (Å²) in [7, 11) is -3.10. The molecule has 1 aromatic heterocycles. The predicted molar refractivity (Wildman–Crippen MR) is 124 cm³/mol. The molecule has 2 aromatic rings. The maximum atomic E-state index is 15.4. The normalized spacial score (nSPS) is 22.9. The number of sulfone groups is 1. The first-order valence-corrected chi connectivity index (χ1v) is 12.9. The number of carbonyl (C=O) groups is 2. The molecule has 0 saturated carbocycles. The second-order valence-electron chi connectivity index (χ2n) is 10.6. The van der Waals surface area contributed by atoms with Crippen LogP contribution in [0.5, 0.6) is 0 Å². The Morgan fingerprint density at radius 3 is 2.34 bits per heavy atom. The van der Waals surface area contributed by atoms with Crippen LogP contribution >= 0.6 is 0 Å². The van der Waals surface area contributed by atoms with Crippen LogP contribution in [0.2, 0.25) is 0 Å². The maximum Gasteiger partial charge on any atom is 0.282 e. The van der Waals surface area contributed by atoms with Crippen molar-refractivity contribution in [2.45, 2.75) is 38.5 Å². The van der Waals surface area contributed by atoms with E-state index in [-0.39, 0.29) is 35.2 Å². The molecule has 11 heteroatoms. The monoisotopic (exact) mass is 507 g/mol. The minimum Gasteiger partial charge on any atom is -0.342 e. The molecule has 7 nitrogen and oxygen atoms in total. The maximum absolute atomic E-state index is 15.4. The Labute approximate surface area is 200 Å². The van der Waals surface area contributed by atoms with Crippen molar-refractivity contribution in [3.05, 3.63) is 47.4 Å². The lowest BCUT2D eigenvalue weighted by atomic mass is 9.83. The lowest BCUT2D eigenvalue weighted by Gasteiger charge is -2.39. The van der Waals surface area contributed by atoms with Crippen LogP contribution in [-0.2, 0) is 20.0 Å². The van der Waals surface area contributed by atoms with E-state index in [4.69, 9.17) is 0 Å². The Bertz CT molecular complexity index is 1370. The van der Waals surface area contributed by atoms with Crippen LogP contribution in [0.1, 0.15) is 43.1 Å². The third-order valence-electron chi connectivity index (χ3n) is 6.93. The van der Waals surface area contributed by atoms with Gasteiger partial charge in [-0.25, -0.2) is 26.6 Å². The number of halogens is 3. The smallest absolute Gasteiger partial charge is 0.282 e. The van der Waals surface area contributed by atoms with Crippen LogP contribution in [-0.4, -0.2) is 55.6 Å². The summed E-state index contributed by atoms with van der Waals surface area (Å²) in [6.07, 6.45) is 1.33. The van der Waals surface area contributed by atoms with Crippen LogP contribution in [0.4, 0.5) is 30.4 Å². The first-order valence-electron chi connectivity index (χ1n) is 11.1. The van der Waals surface area contributed by atoms with E-state index in [0.29, 0.717) is 16.8 Å². The molecule has 0 N–H and O–H groups in total. The van der Waals surface area contributed by atoms with Crippen LogP contribution in [0.3, 0.4) is 0 Å². The van der Waals surface area contributed by atoms with E-state index in [2.05, 4.69) is 4.98 Å². The summed E-state index contributed by atoms with van der Waals surface area (Å²) in [6.45, 7) is 3.78. The molecule has 35 heavy (non-hydrogen) atoms. The third kappa shape index (κ3) is 3.80. The van der Waals surface area contributed by atoms with Gasteiger partial charge in [0.05, 0.1) is 41.4 Å². The van der Waals surface area contributed by atoms with E-state index in [0.717, 1.165) is 4.90 Å². The lowest BCUT2D eigenvalue weighted by Crippen LogP contribution is -2.57. The zero-order chi connectivity index (χ0) is 25.6. The summed E-state index contributed by atoms with van der Waals surface area (Å²) in [6, 6.07) is 6.01. The largest absolute Gasteiger partial charge is 0.342 e. The number of alkyl halides is 2. The highest BCUT2D eigenvalue weighted by Crippen LogP contribution is 2.48. The van der Waals surface area contributed by atoms with Gasteiger partial charge in [-0.15, -0.1) is 0 Å². The molecule has 2 saturated heterocycles. The molecule has 186 valence electrons. The van der Waals surface area contributed by atoms with E-state index in [1.165, 1.54) is 23.2 Å². The van der Waals surface area contributed by atoms with E-state index in [1.807, 2.05) is 0 Å². The number of Topliss-reactive ketones (excluding diaryl/α,β-unsaturated/α-hetero) is 1. The van der Waals surface area contributed by atoms with Gasteiger partial charge in [-0.3, -0.25) is 14.5 Å². The van der Waals surface area contributed by atoms with E-state index < -0.39 is 51.4 Å². The highest BCUT2D eigenvalue weighted by molar-refractivity contribution is 7.92. The molecule has 1 amide bonds. The van der Waals surface area contributed by atoms with Gasteiger partial charge in [0.2, 0.25) is 5.91 Å². The van der Waals surface area contributed by atoms with Crippen molar-refractivity contribution in [2.24, 2.45) is 5.41 Å². The van der Waals surface area contributed by atoms with Gasteiger partial charge in [0.1, 0.15) is 0 Å². The Hall–Kier alpha value is -2.95. The van der Waals surface area contributed by atoms with E-state index in [1.54, 1.807) is 32.9 Å². The lowest BCUT2D eigenvalue weighted by molar-refractivity contribution is -0.121. The molecule has 0 unspecified atom stereocenters. The number of pyridine rings is 1. The summed E-state index contributed by atoms with van der Waals surface area (Å²) < 4.78 is 65.2. The van der Waals surface area contributed by atoms with Crippen molar-refractivity contribution < 1.29 is 31.2 Å². The van der Waals surface area contributed by atoms with Gasteiger partial charge in [0, 0.05) is 23.6 Å². The van der Waals surface area contributed by atoms with Crippen LogP contribution in [0.25, 0.3) is 0 Å². The van der Waals surface area contributed by atoms with E-state index >= 15 is 4.39 Å². The van der Waals surface area contributed by atoms with Gasteiger partial charge in [0.25, 0.3) is 5.92 Å². The molecule has 4 heterocycles. The summed E-state index contributed by atoms with van der Waals surface area (Å²) in [5.41, 5.74) is -0.554. The van der Waals surface area contributed by atoms with Crippen LogP contribution < -0.4 is 9.80 Å². The summed E-state index contributed by atoms with van der Waals surface area (Å²) in [4.78, 5) is 32.6. The third-order valence-corrected chi connectivity index (χ3v) is 9.20. The molecular formula is C24H24F3N3O4S. The number of rotatable bonds is 5. The number of ketones is 1. The molecule has 0 bridgehead atoms. The number of amides is 1. The number of aromatic nitrogens is 1. The highest BCUT2D eigenvalue weighted by atomic mass is 32.2. The second kappa shape index (κ2) is 7.28. The fourth-order valence-corrected chi connectivity index (χ4v) is 7.48. The van der Waals surface area contributed by atoms with Crippen molar-refractivity contribution in [3.63, 3.8) is 0 Å². The number of carbonyl (C=O) groups excluding carboxylic acids is 2. The van der Waals surface area contributed by atoms with Crippen molar-refractivity contribution in [1.82, 2.24) is 4.98 Å². The molecule has 0 radical (unpaired) electrons. The first kappa shape index (κ1) is 23.8. The van der Waals surface area contributed by atoms with Crippen molar-refractivity contribution in [3.8, 4) is 0 Å². The minimum atomic E-state index is -3.10. The predicted octanol–water partition coefficient (Wildman–Crippen LogP) is 3.64. The van der Waals surface area contributed by atoms with Gasteiger partial charge in [-0.1, -0.05) is 6.92 Å². The number of fused-ring (bicyclic) bond motifs is 1. The number of hydrogen-bond acceptors (Lipinski definition) is 6. The standard InChI is InChI=1S/C24H24F3N3O4S/c1-22(2)15-8-14(18(31)9-23(3)12-35(33,34)13-23)4-5-16(15)30(21(22)32)17-6-7-28-20(19(17)25)29-10-24(26,27)11-29/h4-8H,9-13H2,1-3H3. The number of hydrogen-bond donors (Lipinski definition) is 0. The molecule has 2 fully saturated rings. The molecule has 3 aliphatic rings. The Morgan fingerprint density at radius 2 is 1.74 bits per heavy atom. The minimum absolute atomic E-state index is 0.0406. The first-order chi connectivity index (χ1) is 16.1. The van der Waals surface area contributed by atoms with Crippen LogP contribution in [0, 0.1) is 11.2 Å². The molecule has 1 aromatic carbocycles. The molecule has 5 rings (SSSR count). The zero-order valence-electron chi connectivity index (χ0n) is 19.4. The number of anilines is 3.